The van der Waals surface area contributed by atoms with Crippen molar-refractivity contribution in [3.05, 3.63) is 71.8 Å². The van der Waals surface area contributed by atoms with E-state index in [0.29, 0.717) is 16.0 Å². The Bertz CT molecular complexity index is 1950. The summed E-state index contributed by atoms with van der Waals surface area (Å²) in [6.07, 6.45) is 12.2. The van der Waals surface area contributed by atoms with Gasteiger partial charge in [-0.15, -0.1) is 0 Å². The first-order valence-corrected chi connectivity index (χ1v) is 17.5. The quantitative estimate of drug-likeness (QED) is 0.175. The van der Waals surface area contributed by atoms with Gasteiger partial charge in [0.05, 0.1) is 29.7 Å². The van der Waals surface area contributed by atoms with Crippen LogP contribution in [0.4, 0.5) is 0 Å². The minimum Gasteiger partial charge on any atom is -0.442 e. The predicted octanol–water partition coefficient (Wildman–Crippen LogP) is 3.74. The SMILES string of the molecule is C=C1CC2(C1)C[C@@H](n1ccc3c(Cl)ncnc31)[C@@H]1OC(C)(C)O[C@@H]12.C=C1CC2(C1)C[C@H](O)[C@@H]1OC(C)(C)O[C@@H]12.Clc1ncnc2[n-]ccc12.[K+]. The van der Waals surface area contributed by atoms with Crippen molar-refractivity contribution in [2.24, 2.45) is 10.8 Å². The minimum atomic E-state index is -0.548. The second-order valence-corrected chi connectivity index (χ2v) is 16.2. The molecule has 10 rings (SSSR count). The molecule has 2 spiro atoms. The summed E-state index contributed by atoms with van der Waals surface area (Å²) in [6, 6.07) is 3.96. The predicted molar refractivity (Wildman–Crippen MR) is 184 cm³/mol. The maximum absolute atomic E-state index is 9.98. The number of aliphatic hydroxyl groups is 1. The van der Waals surface area contributed by atoms with Gasteiger partial charge in [-0.3, -0.25) is 0 Å². The van der Waals surface area contributed by atoms with E-state index in [-0.39, 0.29) is 98.8 Å². The maximum atomic E-state index is 9.98. The van der Waals surface area contributed by atoms with Crippen molar-refractivity contribution >= 4 is 45.3 Å². The topological polar surface area (TPSA) is 128 Å². The zero-order chi connectivity index (χ0) is 34.5. The largest absolute Gasteiger partial charge is 1.00 e. The summed E-state index contributed by atoms with van der Waals surface area (Å²) in [6.45, 7) is 15.9. The van der Waals surface area contributed by atoms with E-state index in [1.807, 2.05) is 40.0 Å². The Kier molecular flexibility index (Phi) is 9.82. The minimum absolute atomic E-state index is 0. The van der Waals surface area contributed by atoms with Crippen LogP contribution in [0.25, 0.3) is 22.1 Å². The van der Waals surface area contributed by atoms with E-state index in [0.717, 1.165) is 54.9 Å². The van der Waals surface area contributed by atoms with Crippen molar-refractivity contribution in [2.45, 2.75) is 114 Å². The molecule has 2 saturated heterocycles. The Hall–Kier alpha value is -1.26. The third-order valence-corrected chi connectivity index (χ3v) is 11.5. The number of hydrogen-bond acceptors (Lipinski definition) is 9. The second-order valence-electron chi connectivity index (χ2n) is 15.5. The zero-order valence-corrected chi connectivity index (χ0v) is 33.7. The van der Waals surface area contributed by atoms with Gasteiger partial charge in [0.1, 0.15) is 34.5 Å². The van der Waals surface area contributed by atoms with E-state index in [4.69, 9.17) is 42.1 Å². The van der Waals surface area contributed by atoms with Gasteiger partial charge in [-0.1, -0.05) is 59.8 Å². The van der Waals surface area contributed by atoms with Gasteiger partial charge in [0, 0.05) is 28.7 Å². The first-order valence-electron chi connectivity index (χ1n) is 16.8. The number of hydrogen-bond donors (Lipinski definition) is 1. The fourth-order valence-electron chi connectivity index (χ4n) is 9.22. The van der Waals surface area contributed by atoms with Gasteiger partial charge < -0.3 is 38.6 Å². The summed E-state index contributed by atoms with van der Waals surface area (Å²) < 4.78 is 26.5. The van der Waals surface area contributed by atoms with Crippen LogP contribution in [0.15, 0.2) is 61.5 Å². The van der Waals surface area contributed by atoms with Crippen molar-refractivity contribution in [3.63, 3.8) is 0 Å². The molecule has 14 heteroatoms. The van der Waals surface area contributed by atoms with Crippen LogP contribution < -0.4 is 56.4 Å². The van der Waals surface area contributed by atoms with Crippen molar-refractivity contribution in [1.82, 2.24) is 29.5 Å². The average Bonchev–Trinajstić information content (AvgIpc) is 3.83. The summed E-state index contributed by atoms with van der Waals surface area (Å²) in [5.74, 6) is -1.09. The summed E-state index contributed by atoms with van der Waals surface area (Å²) in [5.41, 5.74) is 4.37. The van der Waals surface area contributed by atoms with E-state index >= 15 is 0 Å². The van der Waals surface area contributed by atoms with Crippen molar-refractivity contribution < 1.29 is 75.4 Å². The number of fused-ring (bicyclic) bond motifs is 6. The smallest absolute Gasteiger partial charge is 0.442 e. The summed E-state index contributed by atoms with van der Waals surface area (Å²) in [7, 11) is 0. The van der Waals surface area contributed by atoms with Crippen LogP contribution in [0.3, 0.4) is 0 Å². The van der Waals surface area contributed by atoms with Crippen LogP contribution in [-0.4, -0.2) is 71.7 Å². The Balaban J connectivity index is 0.000000129. The normalized spacial score (nSPS) is 31.7. The van der Waals surface area contributed by atoms with Gasteiger partial charge in [0.25, 0.3) is 0 Å². The van der Waals surface area contributed by atoms with Crippen LogP contribution in [-0.2, 0) is 18.9 Å². The van der Waals surface area contributed by atoms with Crippen molar-refractivity contribution in [2.75, 3.05) is 0 Å². The van der Waals surface area contributed by atoms with E-state index in [1.165, 1.54) is 23.8 Å². The summed E-state index contributed by atoms with van der Waals surface area (Å²) >= 11 is 11.9. The molecule has 4 aromatic rings. The number of aliphatic hydroxyl groups excluding tert-OH is 1. The van der Waals surface area contributed by atoms with Crippen molar-refractivity contribution in [1.29, 1.82) is 0 Å². The van der Waals surface area contributed by atoms with Gasteiger partial charge in [0.2, 0.25) is 0 Å². The molecule has 6 atom stereocenters. The molecular formula is C36H41Cl2KN6O5. The first kappa shape index (κ1) is 37.1. The molecule has 260 valence electrons. The first-order chi connectivity index (χ1) is 23.2. The zero-order valence-electron chi connectivity index (χ0n) is 29.1. The monoisotopic (exact) mass is 746 g/mol. The molecule has 0 bridgehead atoms. The van der Waals surface area contributed by atoms with Gasteiger partial charge >= 0.3 is 51.4 Å². The van der Waals surface area contributed by atoms with Crippen LogP contribution in [0, 0.1) is 10.8 Å². The Morgan fingerprint density at radius 2 is 1.34 bits per heavy atom. The van der Waals surface area contributed by atoms with Crippen LogP contribution in [0.2, 0.25) is 10.3 Å². The average molecular weight is 748 g/mol. The number of aromatic nitrogens is 6. The van der Waals surface area contributed by atoms with Crippen LogP contribution in [0.1, 0.15) is 72.3 Å². The third-order valence-electron chi connectivity index (χ3n) is 10.9. The van der Waals surface area contributed by atoms with E-state index in [1.54, 1.807) is 12.3 Å². The molecule has 6 heterocycles. The fraction of sp³-hybridized carbons (Fsp3) is 0.556. The molecule has 0 aromatic carbocycles. The molecule has 0 amide bonds. The van der Waals surface area contributed by atoms with Crippen molar-refractivity contribution in [3.8, 4) is 0 Å². The van der Waals surface area contributed by atoms with E-state index in [9.17, 15) is 5.11 Å². The van der Waals surface area contributed by atoms with E-state index in [2.05, 4.69) is 42.6 Å². The van der Waals surface area contributed by atoms with Crippen LogP contribution >= 0.6 is 23.2 Å². The molecule has 4 aliphatic carbocycles. The molecule has 1 N–H and O–H groups in total. The van der Waals surface area contributed by atoms with Gasteiger partial charge in [-0.2, -0.15) is 0 Å². The summed E-state index contributed by atoms with van der Waals surface area (Å²) in [4.78, 5) is 20.2. The Morgan fingerprint density at radius 3 is 1.96 bits per heavy atom. The Labute approximate surface area is 343 Å². The molecule has 50 heavy (non-hydrogen) atoms. The van der Waals surface area contributed by atoms with E-state index < -0.39 is 11.6 Å². The fourth-order valence-corrected chi connectivity index (χ4v) is 9.61. The molecule has 4 aromatic heterocycles. The number of ether oxygens (including phenoxy) is 4. The van der Waals surface area contributed by atoms with Gasteiger partial charge in [-0.05, 0) is 77.9 Å². The molecular weight excluding hydrogens is 706 g/mol. The van der Waals surface area contributed by atoms with Gasteiger partial charge in [-0.25, -0.2) is 15.0 Å². The molecule has 11 nitrogen and oxygen atoms in total. The Morgan fingerprint density at radius 1 is 0.780 bits per heavy atom. The molecule has 0 radical (unpaired) electrons. The molecule has 6 aliphatic rings. The molecule has 6 fully saturated rings. The number of halogens is 2. The van der Waals surface area contributed by atoms with Crippen LogP contribution in [0.5, 0.6) is 0 Å². The molecule has 0 unspecified atom stereocenters. The number of allylic oxidation sites excluding steroid dienone is 2. The van der Waals surface area contributed by atoms with Gasteiger partial charge in [0.15, 0.2) is 11.6 Å². The maximum Gasteiger partial charge on any atom is 1.00 e. The summed E-state index contributed by atoms with van der Waals surface area (Å²) in [5, 5.41) is 12.6. The molecule has 4 saturated carbocycles. The molecule has 2 aliphatic heterocycles. The number of nitrogens with zero attached hydrogens (tertiary/aromatic N) is 6. The standard InChI is InChI=1S/C18H20ClN3O2.C12H18O3.C6H3ClN3.K/c1-10-6-18(7-10)8-12(13-14(18)24-17(2,3)23-13)22-5-4-11-15(19)20-9-21-16(11)22;1-7-4-12(5-7)6-8(13)9-10(12)15-11(2,3)14-9;7-5-4-1-2-8-6(4)10-3-9-5;/h4-5,9,12-14H,1,6-8H2,2-3H3;8-10,13H,1,4-6H2,2-3H3;1-3H;/q;;-1;+1/t12-,13+,14+;8-,9-,10-;;/m10../s1. The third kappa shape index (κ3) is 6.39. The second kappa shape index (κ2) is 13.2. The number of rotatable bonds is 1.